The maximum absolute atomic E-state index is 13.1. The van der Waals surface area contributed by atoms with E-state index in [9.17, 15) is 9.59 Å². The maximum atomic E-state index is 13.1. The number of urea groups is 1. The second-order valence-electron chi connectivity index (χ2n) is 8.54. The normalized spacial score (nSPS) is 19.7. The third-order valence-electron chi connectivity index (χ3n) is 6.18. The van der Waals surface area contributed by atoms with Crippen molar-refractivity contribution in [2.75, 3.05) is 26.7 Å². The van der Waals surface area contributed by atoms with Gasteiger partial charge in [-0.1, -0.05) is 13.8 Å². The Morgan fingerprint density at radius 3 is 2.55 bits per heavy atom. The SMILES string of the molecule is CC(C)CN1C(=O)N(C)C2(CCN(Cc3cccn3-c3cccnc3)CC2)C1=O. The number of carbonyl (C=O) groups excluding carboxylic acids is 2. The molecule has 0 radical (unpaired) electrons. The van der Waals surface area contributed by atoms with Crippen LogP contribution in [0.1, 0.15) is 32.4 Å². The summed E-state index contributed by atoms with van der Waals surface area (Å²) in [4.78, 5) is 35.5. The van der Waals surface area contributed by atoms with E-state index in [0.29, 0.717) is 19.4 Å². The smallest absolute Gasteiger partial charge is 0.318 e. The van der Waals surface area contributed by atoms with E-state index in [0.717, 1.165) is 25.3 Å². The van der Waals surface area contributed by atoms with Crippen LogP contribution in [0.4, 0.5) is 4.79 Å². The zero-order valence-electron chi connectivity index (χ0n) is 17.4. The van der Waals surface area contributed by atoms with Gasteiger partial charge in [-0.05, 0) is 43.0 Å². The number of piperidine rings is 1. The van der Waals surface area contributed by atoms with Gasteiger partial charge in [-0.3, -0.25) is 19.6 Å². The van der Waals surface area contributed by atoms with Crippen molar-refractivity contribution in [1.29, 1.82) is 0 Å². The first-order valence-corrected chi connectivity index (χ1v) is 10.3. The van der Waals surface area contributed by atoms with Gasteiger partial charge in [0.05, 0.1) is 11.9 Å². The summed E-state index contributed by atoms with van der Waals surface area (Å²) < 4.78 is 2.15. The Balaban J connectivity index is 1.45. The minimum atomic E-state index is -0.673. The molecule has 0 aromatic carbocycles. The highest BCUT2D eigenvalue weighted by Crippen LogP contribution is 2.36. The van der Waals surface area contributed by atoms with Crippen molar-refractivity contribution >= 4 is 11.9 Å². The lowest BCUT2D eigenvalue weighted by Crippen LogP contribution is -2.55. The molecule has 0 unspecified atom stereocenters. The number of aromatic nitrogens is 2. The Bertz CT molecular complexity index is 884. The van der Waals surface area contributed by atoms with Gasteiger partial charge >= 0.3 is 6.03 Å². The van der Waals surface area contributed by atoms with Crippen molar-refractivity contribution in [1.82, 2.24) is 24.3 Å². The van der Waals surface area contributed by atoms with E-state index in [2.05, 4.69) is 26.7 Å². The number of hydrogen-bond donors (Lipinski definition) is 0. The first kappa shape index (κ1) is 19.6. The Labute approximate surface area is 171 Å². The van der Waals surface area contributed by atoms with E-state index >= 15 is 0 Å². The minimum absolute atomic E-state index is 0.0166. The zero-order valence-corrected chi connectivity index (χ0v) is 17.4. The highest BCUT2D eigenvalue weighted by molar-refractivity contribution is 6.07. The Hall–Kier alpha value is -2.67. The number of nitrogens with zero attached hydrogens (tertiary/aromatic N) is 5. The van der Waals surface area contributed by atoms with Gasteiger partial charge in [0.1, 0.15) is 5.54 Å². The predicted octanol–water partition coefficient (Wildman–Crippen LogP) is 2.76. The molecule has 0 bridgehead atoms. The van der Waals surface area contributed by atoms with Crippen LogP contribution in [0.3, 0.4) is 0 Å². The number of amides is 3. The molecule has 1 spiro atoms. The van der Waals surface area contributed by atoms with Crippen molar-refractivity contribution in [3.63, 3.8) is 0 Å². The summed E-state index contributed by atoms with van der Waals surface area (Å²) in [5.74, 6) is 0.254. The van der Waals surface area contributed by atoms with Gasteiger partial charge in [-0.15, -0.1) is 0 Å². The number of hydrogen-bond acceptors (Lipinski definition) is 4. The highest BCUT2D eigenvalue weighted by atomic mass is 16.2. The third kappa shape index (κ3) is 3.44. The van der Waals surface area contributed by atoms with Crippen LogP contribution in [0.2, 0.25) is 0 Å². The molecule has 29 heavy (non-hydrogen) atoms. The fraction of sp³-hybridized carbons (Fsp3) is 0.500. The largest absolute Gasteiger partial charge is 0.327 e. The van der Waals surface area contributed by atoms with Crippen molar-refractivity contribution in [3.05, 3.63) is 48.5 Å². The highest BCUT2D eigenvalue weighted by Gasteiger charge is 2.56. The molecular formula is C22H29N5O2. The van der Waals surface area contributed by atoms with Gasteiger partial charge in [-0.2, -0.15) is 0 Å². The Kier molecular flexibility index (Phi) is 5.17. The van der Waals surface area contributed by atoms with Crippen molar-refractivity contribution < 1.29 is 9.59 Å². The van der Waals surface area contributed by atoms with Crippen molar-refractivity contribution in [2.24, 2.45) is 5.92 Å². The fourth-order valence-corrected chi connectivity index (χ4v) is 4.52. The molecule has 2 aliphatic heterocycles. The molecule has 0 aliphatic carbocycles. The second-order valence-corrected chi connectivity index (χ2v) is 8.54. The average Bonchev–Trinajstić information content (AvgIpc) is 3.25. The lowest BCUT2D eigenvalue weighted by molar-refractivity contribution is -0.135. The summed E-state index contributed by atoms with van der Waals surface area (Å²) >= 11 is 0. The van der Waals surface area contributed by atoms with E-state index in [1.807, 2.05) is 38.2 Å². The molecule has 7 nitrogen and oxygen atoms in total. The van der Waals surface area contributed by atoms with E-state index in [1.54, 1.807) is 18.1 Å². The molecule has 3 amide bonds. The van der Waals surface area contributed by atoms with Crippen LogP contribution in [0.25, 0.3) is 5.69 Å². The molecule has 0 N–H and O–H groups in total. The standard InChI is InChI=1S/C22H29N5O2/c1-17(2)15-27-20(28)22(24(3)21(27)29)8-12-25(13-9-22)16-19-7-5-11-26(19)18-6-4-10-23-14-18/h4-7,10-11,14,17H,8-9,12-13,15-16H2,1-3H3. The molecule has 2 aromatic heterocycles. The average molecular weight is 396 g/mol. The number of likely N-dealkylation sites (N-methyl/N-ethyl adjacent to an activating group) is 1. The number of likely N-dealkylation sites (tertiary alicyclic amines) is 1. The van der Waals surface area contributed by atoms with E-state index in [4.69, 9.17) is 0 Å². The van der Waals surface area contributed by atoms with E-state index in [1.165, 1.54) is 10.6 Å². The van der Waals surface area contributed by atoms with Gasteiger partial charge in [0.2, 0.25) is 0 Å². The van der Waals surface area contributed by atoms with Crippen molar-refractivity contribution in [2.45, 2.75) is 38.8 Å². The maximum Gasteiger partial charge on any atom is 0.327 e. The molecular weight excluding hydrogens is 366 g/mol. The van der Waals surface area contributed by atoms with Crippen LogP contribution in [-0.2, 0) is 11.3 Å². The van der Waals surface area contributed by atoms with Crippen LogP contribution in [0.15, 0.2) is 42.9 Å². The van der Waals surface area contributed by atoms with Gasteiger partial charge in [0.15, 0.2) is 0 Å². The quantitative estimate of drug-likeness (QED) is 0.731. The molecule has 154 valence electrons. The molecule has 2 fully saturated rings. The minimum Gasteiger partial charge on any atom is -0.318 e. The lowest BCUT2D eigenvalue weighted by atomic mass is 9.86. The van der Waals surface area contributed by atoms with E-state index < -0.39 is 5.54 Å². The number of pyridine rings is 1. The molecule has 7 heteroatoms. The molecule has 2 aliphatic rings. The molecule has 2 aromatic rings. The zero-order chi connectivity index (χ0) is 20.6. The van der Waals surface area contributed by atoms with Gasteiger partial charge < -0.3 is 9.47 Å². The monoisotopic (exact) mass is 395 g/mol. The molecule has 0 saturated carbocycles. The van der Waals surface area contributed by atoms with E-state index in [-0.39, 0.29) is 17.9 Å². The third-order valence-corrected chi connectivity index (χ3v) is 6.18. The molecule has 0 atom stereocenters. The first-order valence-electron chi connectivity index (χ1n) is 10.3. The van der Waals surface area contributed by atoms with Crippen LogP contribution in [-0.4, -0.2) is 68.4 Å². The Morgan fingerprint density at radius 1 is 1.14 bits per heavy atom. The van der Waals surface area contributed by atoms with Gasteiger partial charge in [0.25, 0.3) is 5.91 Å². The summed E-state index contributed by atoms with van der Waals surface area (Å²) in [5.41, 5.74) is 1.56. The first-order chi connectivity index (χ1) is 13.9. The van der Waals surface area contributed by atoms with Gasteiger partial charge in [-0.25, -0.2) is 4.79 Å². The van der Waals surface area contributed by atoms with Crippen LogP contribution in [0, 0.1) is 5.92 Å². The second kappa shape index (κ2) is 7.63. The summed E-state index contributed by atoms with van der Waals surface area (Å²) in [6.07, 6.45) is 7.03. The van der Waals surface area contributed by atoms with Crippen LogP contribution < -0.4 is 0 Å². The molecule has 4 heterocycles. The van der Waals surface area contributed by atoms with Crippen LogP contribution >= 0.6 is 0 Å². The number of rotatable bonds is 5. The molecule has 4 rings (SSSR count). The van der Waals surface area contributed by atoms with Crippen molar-refractivity contribution in [3.8, 4) is 5.69 Å². The topological polar surface area (TPSA) is 61.7 Å². The predicted molar refractivity (Wildman–Crippen MR) is 111 cm³/mol. The lowest BCUT2D eigenvalue weighted by Gasteiger charge is -2.40. The number of carbonyl (C=O) groups is 2. The molecule has 2 saturated heterocycles. The summed E-state index contributed by atoms with van der Waals surface area (Å²) in [6, 6.07) is 8.00. The summed E-state index contributed by atoms with van der Waals surface area (Å²) in [5, 5.41) is 0. The van der Waals surface area contributed by atoms with Gasteiger partial charge in [0, 0.05) is 51.3 Å². The Morgan fingerprint density at radius 2 is 1.90 bits per heavy atom. The van der Waals surface area contributed by atoms with Crippen LogP contribution in [0.5, 0.6) is 0 Å². The fourth-order valence-electron chi connectivity index (χ4n) is 4.52. The summed E-state index contributed by atoms with van der Waals surface area (Å²) in [7, 11) is 1.78. The number of imide groups is 1. The summed E-state index contributed by atoms with van der Waals surface area (Å²) in [6.45, 7) is 6.94.